The Morgan fingerprint density at radius 2 is 1.95 bits per heavy atom. The molecule has 4 aliphatic carbocycles. The Labute approximate surface area is 132 Å². The molecular formula is C19H26O3. The fourth-order valence-electron chi connectivity index (χ4n) is 6.12. The van der Waals surface area contributed by atoms with Crippen molar-refractivity contribution in [2.24, 2.45) is 23.7 Å². The van der Waals surface area contributed by atoms with Gasteiger partial charge in [-0.05, 0) is 62.2 Å². The van der Waals surface area contributed by atoms with E-state index in [-0.39, 0.29) is 23.4 Å². The van der Waals surface area contributed by atoms with Crippen LogP contribution in [0.1, 0.15) is 64.7 Å². The number of ketones is 2. The van der Waals surface area contributed by atoms with Crippen molar-refractivity contribution in [1.29, 1.82) is 0 Å². The topological polar surface area (TPSA) is 54.4 Å². The summed E-state index contributed by atoms with van der Waals surface area (Å²) in [6.07, 6.45) is 8.69. The van der Waals surface area contributed by atoms with Gasteiger partial charge >= 0.3 is 0 Å². The van der Waals surface area contributed by atoms with Gasteiger partial charge < -0.3 is 5.11 Å². The second kappa shape index (κ2) is 5.02. The molecule has 1 unspecified atom stereocenters. The lowest BCUT2D eigenvalue weighted by atomic mass is 9.52. The van der Waals surface area contributed by atoms with Crippen LogP contribution in [-0.4, -0.2) is 22.3 Å². The molecule has 3 saturated carbocycles. The zero-order valence-electron chi connectivity index (χ0n) is 13.4. The van der Waals surface area contributed by atoms with Gasteiger partial charge in [-0.25, -0.2) is 0 Å². The molecule has 4 rings (SSSR count). The summed E-state index contributed by atoms with van der Waals surface area (Å²) in [6.45, 7) is 2.08. The molecule has 5 atom stereocenters. The van der Waals surface area contributed by atoms with Crippen molar-refractivity contribution in [2.45, 2.75) is 70.3 Å². The number of rotatable bonds is 1. The Morgan fingerprint density at radius 1 is 1.14 bits per heavy atom. The molecule has 0 bridgehead atoms. The Bertz CT molecular complexity index is 561. The molecule has 1 N–H and O–H groups in total. The maximum absolute atomic E-state index is 12.3. The number of allylic oxidation sites excluding steroid dienone is 2. The molecule has 3 heteroatoms. The number of hydrogen-bond donors (Lipinski definition) is 1. The SMILES string of the molecule is CCC1=C2C(=O)C(=O)C[C@H]2[C@@H]2CCC3CCCC[C@@]3(O)[C@H]2C1. The van der Waals surface area contributed by atoms with Crippen LogP contribution >= 0.6 is 0 Å². The number of carbonyl (C=O) groups excluding carboxylic acids is 2. The van der Waals surface area contributed by atoms with Gasteiger partial charge in [0.05, 0.1) is 5.60 Å². The minimum atomic E-state index is -0.540. The normalized spacial score (nSPS) is 44.6. The molecule has 0 saturated heterocycles. The third-order valence-corrected chi connectivity index (χ3v) is 7.16. The van der Waals surface area contributed by atoms with Crippen molar-refractivity contribution in [1.82, 2.24) is 0 Å². The van der Waals surface area contributed by atoms with Crippen LogP contribution in [0.5, 0.6) is 0 Å². The highest BCUT2D eigenvalue weighted by atomic mass is 16.3. The van der Waals surface area contributed by atoms with Gasteiger partial charge in [0.25, 0.3) is 0 Å². The van der Waals surface area contributed by atoms with Gasteiger partial charge in [0.15, 0.2) is 0 Å². The van der Waals surface area contributed by atoms with E-state index < -0.39 is 5.60 Å². The molecule has 0 aromatic rings. The van der Waals surface area contributed by atoms with E-state index in [0.717, 1.165) is 50.5 Å². The van der Waals surface area contributed by atoms with Gasteiger partial charge in [-0.3, -0.25) is 9.59 Å². The number of aliphatic hydroxyl groups is 1. The molecule has 0 radical (unpaired) electrons. The van der Waals surface area contributed by atoms with E-state index in [4.69, 9.17) is 0 Å². The summed E-state index contributed by atoms with van der Waals surface area (Å²) in [5.41, 5.74) is 1.48. The van der Waals surface area contributed by atoms with Crippen LogP contribution in [0, 0.1) is 23.7 Å². The molecule has 0 spiro atoms. The fourth-order valence-corrected chi connectivity index (χ4v) is 6.12. The predicted octanol–water partition coefficient (Wildman–Crippen LogP) is 3.20. The van der Waals surface area contributed by atoms with Crippen LogP contribution in [-0.2, 0) is 9.59 Å². The van der Waals surface area contributed by atoms with Gasteiger partial charge in [0.2, 0.25) is 11.6 Å². The second-order valence-corrected chi connectivity index (χ2v) is 7.92. The molecule has 22 heavy (non-hydrogen) atoms. The summed E-state index contributed by atoms with van der Waals surface area (Å²) in [5, 5.41) is 11.5. The van der Waals surface area contributed by atoms with E-state index >= 15 is 0 Å². The molecule has 0 heterocycles. The first-order valence-electron chi connectivity index (χ1n) is 9.08. The first-order valence-corrected chi connectivity index (χ1v) is 9.08. The van der Waals surface area contributed by atoms with Crippen LogP contribution in [0.15, 0.2) is 11.1 Å². The quantitative estimate of drug-likeness (QED) is 0.757. The van der Waals surface area contributed by atoms with E-state index in [0.29, 0.717) is 18.3 Å². The Kier molecular flexibility index (Phi) is 3.34. The van der Waals surface area contributed by atoms with Crippen LogP contribution in [0.4, 0.5) is 0 Å². The van der Waals surface area contributed by atoms with Gasteiger partial charge in [0.1, 0.15) is 0 Å². The van der Waals surface area contributed by atoms with Crippen LogP contribution in [0.2, 0.25) is 0 Å². The molecule has 4 aliphatic rings. The predicted molar refractivity (Wildman–Crippen MR) is 83.2 cm³/mol. The smallest absolute Gasteiger partial charge is 0.224 e. The average Bonchev–Trinajstić information content (AvgIpc) is 2.82. The second-order valence-electron chi connectivity index (χ2n) is 7.92. The summed E-state index contributed by atoms with van der Waals surface area (Å²) in [4.78, 5) is 24.3. The number of Topliss-reactive ketones (excluding diaryl/α,β-unsaturated/α-hetero) is 2. The molecule has 0 amide bonds. The van der Waals surface area contributed by atoms with Crippen LogP contribution in [0.25, 0.3) is 0 Å². The Hall–Kier alpha value is -0.960. The molecule has 0 aromatic carbocycles. The molecule has 120 valence electrons. The average molecular weight is 302 g/mol. The molecule has 3 fully saturated rings. The number of hydrogen-bond acceptors (Lipinski definition) is 3. The lowest BCUT2D eigenvalue weighted by Gasteiger charge is -2.55. The maximum Gasteiger partial charge on any atom is 0.224 e. The zero-order chi connectivity index (χ0) is 15.5. The highest BCUT2D eigenvalue weighted by molar-refractivity contribution is 6.46. The van der Waals surface area contributed by atoms with E-state index in [1.54, 1.807) is 0 Å². The third-order valence-electron chi connectivity index (χ3n) is 7.16. The Balaban J connectivity index is 1.76. The van der Waals surface area contributed by atoms with Crippen molar-refractivity contribution in [2.75, 3.05) is 0 Å². The van der Waals surface area contributed by atoms with E-state index in [1.165, 1.54) is 12.0 Å². The van der Waals surface area contributed by atoms with E-state index in [2.05, 4.69) is 6.92 Å². The van der Waals surface area contributed by atoms with Gasteiger partial charge in [0, 0.05) is 12.0 Å². The largest absolute Gasteiger partial charge is 0.389 e. The van der Waals surface area contributed by atoms with Crippen molar-refractivity contribution in [3.05, 3.63) is 11.1 Å². The summed E-state index contributed by atoms with van der Waals surface area (Å²) in [5.74, 6) is 0.770. The van der Waals surface area contributed by atoms with Crippen molar-refractivity contribution < 1.29 is 14.7 Å². The molecular weight excluding hydrogens is 276 g/mol. The summed E-state index contributed by atoms with van der Waals surface area (Å²) in [6, 6.07) is 0. The van der Waals surface area contributed by atoms with Gasteiger partial charge in [-0.1, -0.05) is 25.3 Å². The van der Waals surface area contributed by atoms with E-state index in [1.807, 2.05) is 0 Å². The van der Waals surface area contributed by atoms with Crippen molar-refractivity contribution in [3.63, 3.8) is 0 Å². The van der Waals surface area contributed by atoms with Crippen LogP contribution in [0.3, 0.4) is 0 Å². The summed E-state index contributed by atoms with van der Waals surface area (Å²) in [7, 11) is 0. The molecule has 0 aromatic heterocycles. The minimum Gasteiger partial charge on any atom is -0.389 e. The van der Waals surface area contributed by atoms with Crippen molar-refractivity contribution >= 4 is 11.6 Å². The van der Waals surface area contributed by atoms with Gasteiger partial charge in [-0.2, -0.15) is 0 Å². The first-order chi connectivity index (χ1) is 10.6. The maximum atomic E-state index is 12.3. The zero-order valence-corrected chi connectivity index (χ0v) is 13.4. The third kappa shape index (κ3) is 1.84. The fraction of sp³-hybridized carbons (Fsp3) is 0.789. The van der Waals surface area contributed by atoms with Crippen molar-refractivity contribution in [3.8, 4) is 0 Å². The highest BCUT2D eigenvalue weighted by Crippen LogP contribution is 2.58. The highest BCUT2D eigenvalue weighted by Gasteiger charge is 2.57. The Morgan fingerprint density at radius 3 is 2.73 bits per heavy atom. The summed E-state index contributed by atoms with van der Waals surface area (Å²) < 4.78 is 0. The van der Waals surface area contributed by atoms with Gasteiger partial charge in [-0.15, -0.1) is 0 Å². The lowest BCUT2D eigenvalue weighted by Crippen LogP contribution is -2.55. The molecule has 3 nitrogen and oxygen atoms in total. The standard InChI is InChI=1S/C19H26O3/c1-2-11-9-15-13(14-10-16(20)18(21)17(11)14)7-6-12-5-3-4-8-19(12,15)22/h12-15,22H,2-10H2,1H3/t12?,13-,14-,15-,19-/m0/s1. The number of fused-ring (bicyclic) bond motifs is 5. The lowest BCUT2D eigenvalue weighted by molar-refractivity contribution is -0.148. The summed E-state index contributed by atoms with van der Waals surface area (Å²) >= 11 is 0. The number of carbonyl (C=O) groups is 2. The monoisotopic (exact) mass is 302 g/mol. The van der Waals surface area contributed by atoms with E-state index in [9.17, 15) is 14.7 Å². The van der Waals surface area contributed by atoms with Crippen LogP contribution < -0.4 is 0 Å². The molecule has 0 aliphatic heterocycles. The minimum absolute atomic E-state index is 0.112. The first kappa shape index (κ1) is 14.6.